The topological polar surface area (TPSA) is 66.6 Å². The van der Waals surface area contributed by atoms with Gasteiger partial charge in [-0.15, -0.1) is 0 Å². The molecule has 4 nitrogen and oxygen atoms in total. The number of benzene rings is 1. The lowest BCUT2D eigenvalue weighted by Gasteiger charge is -2.15. The molecule has 0 aromatic heterocycles. The van der Waals surface area contributed by atoms with Crippen molar-refractivity contribution in [1.82, 2.24) is 4.90 Å². The summed E-state index contributed by atoms with van der Waals surface area (Å²) < 4.78 is 0. The number of carboxylic acids is 1. The molecule has 0 bridgehead atoms. The molecular weight excluding hydrogens is 216 g/mol. The highest BCUT2D eigenvalue weighted by Gasteiger charge is 2.20. The van der Waals surface area contributed by atoms with Crippen LogP contribution in [0, 0.1) is 5.92 Å². The van der Waals surface area contributed by atoms with Crippen LogP contribution in [0.5, 0.6) is 0 Å². The Kier molecular flexibility index (Phi) is 3.76. The lowest BCUT2D eigenvalue weighted by atomic mass is 10.1. The SMILES string of the molecule is NCC1CCN(Cc2ccc(C(=O)O)cc2)C1. The van der Waals surface area contributed by atoms with Crippen molar-refractivity contribution in [3.05, 3.63) is 35.4 Å². The largest absolute Gasteiger partial charge is 0.478 e. The molecule has 4 heteroatoms. The predicted octanol–water partition coefficient (Wildman–Crippen LogP) is 1.17. The van der Waals surface area contributed by atoms with Gasteiger partial charge in [-0.3, -0.25) is 4.90 Å². The van der Waals surface area contributed by atoms with Crippen LogP contribution in [0.2, 0.25) is 0 Å². The van der Waals surface area contributed by atoms with E-state index in [1.165, 1.54) is 6.42 Å². The zero-order valence-electron chi connectivity index (χ0n) is 9.80. The Morgan fingerprint density at radius 3 is 2.65 bits per heavy atom. The summed E-state index contributed by atoms with van der Waals surface area (Å²) in [5.41, 5.74) is 7.15. The molecule has 2 rings (SSSR count). The fourth-order valence-electron chi connectivity index (χ4n) is 2.26. The molecule has 0 saturated carbocycles. The number of hydrogen-bond donors (Lipinski definition) is 2. The molecule has 0 amide bonds. The minimum Gasteiger partial charge on any atom is -0.478 e. The third-order valence-corrected chi connectivity index (χ3v) is 3.31. The Morgan fingerprint density at radius 2 is 2.12 bits per heavy atom. The molecule has 1 heterocycles. The molecule has 3 N–H and O–H groups in total. The summed E-state index contributed by atoms with van der Waals surface area (Å²) in [6.07, 6.45) is 1.17. The van der Waals surface area contributed by atoms with E-state index in [1.54, 1.807) is 12.1 Å². The van der Waals surface area contributed by atoms with Gasteiger partial charge in [0.05, 0.1) is 5.56 Å². The molecule has 1 fully saturated rings. The minimum absolute atomic E-state index is 0.343. The Morgan fingerprint density at radius 1 is 1.41 bits per heavy atom. The highest BCUT2D eigenvalue weighted by molar-refractivity contribution is 5.87. The summed E-state index contributed by atoms with van der Waals surface area (Å²) in [6, 6.07) is 7.10. The van der Waals surface area contributed by atoms with Crippen molar-refractivity contribution in [1.29, 1.82) is 0 Å². The van der Waals surface area contributed by atoms with Crippen molar-refractivity contribution >= 4 is 5.97 Å². The average Bonchev–Trinajstić information content (AvgIpc) is 2.77. The maximum atomic E-state index is 10.7. The Balaban J connectivity index is 1.93. The molecule has 1 aliphatic rings. The van der Waals surface area contributed by atoms with Crippen LogP contribution in [0.1, 0.15) is 22.3 Å². The van der Waals surface area contributed by atoms with E-state index in [1.807, 2.05) is 12.1 Å². The van der Waals surface area contributed by atoms with Gasteiger partial charge < -0.3 is 10.8 Å². The van der Waals surface area contributed by atoms with Crippen LogP contribution in [0.15, 0.2) is 24.3 Å². The number of nitrogens with zero attached hydrogens (tertiary/aromatic N) is 1. The van der Waals surface area contributed by atoms with Crippen molar-refractivity contribution in [2.24, 2.45) is 11.7 Å². The summed E-state index contributed by atoms with van der Waals surface area (Å²) in [4.78, 5) is 13.1. The number of carboxylic acid groups (broad SMARTS) is 1. The number of rotatable bonds is 4. The lowest BCUT2D eigenvalue weighted by Crippen LogP contribution is -2.22. The van der Waals surface area contributed by atoms with Gasteiger partial charge in [0.25, 0.3) is 0 Å². The van der Waals surface area contributed by atoms with Gasteiger partial charge in [0.1, 0.15) is 0 Å². The number of hydrogen-bond acceptors (Lipinski definition) is 3. The fraction of sp³-hybridized carbons (Fsp3) is 0.462. The van der Waals surface area contributed by atoms with Gasteiger partial charge in [-0.1, -0.05) is 12.1 Å². The first-order chi connectivity index (χ1) is 8.19. The average molecular weight is 234 g/mol. The molecule has 1 aliphatic heterocycles. The van der Waals surface area contributed by atoms with E-state index < -0.39 is 5.97 Å². The van der Waals surface area contributed by atoms with Crippen molar-refractivity contribution < 1.29 is 9.90 Å². The second-order valence-electron chi connectivity index (χ2n) is 4.63. The third-order valence-electron chi connectivity index (χ3n) is 3.31. The van der Waals surface area contributed by atoms with Gasteiger partial charge in [-0.25, -0.2) is 4.79 Å². The van der Waals surface area contributed by atoms with Gasteiger partial charge in [0.15, 0.2) is 0 Å². The van der Waals surface area contributed by atoms with Crippen molar-refractivity contribution in [3.63, 3.8) is 0 Å². The van der Waals surface area contributed by atoms with Crippen LogP contribution < -0.4 is 5.73 Å². The van der Waals surface area contributed by atoms with Crippen LogP contribution in [0.3, 0.4) is 0 Å². The van der Waals surface area contributed by atoms with Crippen molar-refractivity contribution in [3.8, 4) is 0 Å². The first-order valence-corrected chi connectivity index (χ1v) is 5.93. The molecular formula is C13H18N2O2. The monoisotopic (exact) mass is 234 g/mol. The van der Waals surface area contributed by atoms with Gasteiger partial charge >= 0.3 is 5.97 Å². The van der Waals surface area contributed by atoms with Crippen LogP contribution in [0.4, 0.5) is 0 Å². The van der Waals surface area contributed by atoms with Gasteiger partial charge in [0.2, 0.25) is 0 Å². The van der Waals surface area contributed by atoms with Gasteiger partial charge in [-0.05, 0) is 43.1 Å². The van der Waals surface area contributed by atoms with Crippen LogP contribution in [-0.4, -0.2) is 35.6 Å². The Labute approximate surface area is 101 Å². The quantitative estimate of drug-likeness (QED) is 0.820. The lowest BCUT2D eigenvalue weighted by molar-refractivity contribution is 0.0697. The zero-order valence-corrected chi connectivity index (χ0v) is 9.80. The minimum atomic E-state index is -0.874. The normalized spacial score (nSPS) is 20.6. The van der Waals surface area contributed by atoms with E-state index in [4.69, 9.17) is 10.8 Å². The van der Waals surface area contributed by atoms with E-state index in [-0.39, 0.29) is 0 Å². The van der Waals surface area contributed by atoms with Crippen molar-refractivity contribution in [2.75, 3.05) is 19.6 Å². The number of aromatic carboxylic acids is 1. The molecule has 1 aromatic carbocycles. The maximum absolute atomic E-state index is 10.7. The van der Waals surface area contributed by atoms with E-state index in [9.17, 15) is 4.79 Å². The Hall–Kier alpha value is -1.39. The first-order valence-electron chi connectivity index (χ1n) is 5.93. The van der Waals surface area contributed by atoms with E-state index in [0.717, 1.165) is 31.7 Å². The van der Waals surface area contributed by atoms with Crippen LogP contribution >= 0.6 is 0 Å². The van der Waals surface area contributed by atoms with Gasteiger partial charge in [0, 0.05) is 13.1 Å². The number of likely N-dealkylation sites (tertiary alicyclic amines) is 1. The standard InChI is InChI=1S/C13H18N2O2/c14-7-11-5-6-15(9-11)8-10-1-3-12(4-2-10)13(16)17/h1-4,11H,5-9,14H2,(H,16,17). The maximum Gasteiger partial charge on any atom is 0.335 e. The number of carbonyl (C=O) groups is 1. The smallest absolute Gasteiger partial charge is 0.335 e. The summed E-state index contributed by atoms with van der Waals surface area (Å²) in [7, 11) is 0. The zero-order chi connectivity index (χ0) is 12.3. The van der Waals surface area contributed by atoms with Crippen LogP contribution in [0.25, 0.3) is 0 Å². The number of nitrogens with two attached hydrogens (primary N) is 1. The molecule has 17 heavy (non-hydrogen) atoms. The molecule has 0 aliphatic carbocycles. The molecule has 1 unspecified atom stereocenters. The molecule has 1 atom stereocenters. The highest BCUT2D eigenvalue weighted by atomic mass is 16.4. The van der Waals surface area contributed by atoms with Crippen molar-refractivity contribution in [2.45, 2.75) is 13.0 Å². The van der Waals surface area contributed by atoms with E-state index in [2.05, 4.69) is 4.90 Å². The first kappa shape index (κ1) is 12.1. The van der Waals surface area contributed by atoms with Gasteiger partial charge in [-0.2, -0.15) is 0 Å². The molecule has 1 saturated heterocycles. The molecule has 1 aromatic rings. The highest BCUT2D eigenvalue weighted by Crippen LogP contribution is 2.17. The third kappa shape index (κ3) is 3.05. The van der Waals surface area contributed by atoms with E-state index in [0.29, 0.717) is 11.5 Å². The summed E-state index contributed by atoms with van der Waals surface area (Å²) in [5.74, 6) is -0.255. The fourth-order valence-corrected chi connectivity index (χ4v) is 2.26. The molecule has 0 spiro atoms. The van der Waals surface area contributed by atoms with E-state index >= 15 is 0 Å². The molecule has 92 valence electrons. The molecule has 0 radical (unpaired) electrons. The Bertz CT molecular complexity index is 389. The summed E-state index contributed by atoms with van der Waals surface area (Å²) >= 11 is 0. The second kappa shape index (κ2) is 5.29. The second-order valence-corrected chi connectivity index (χ2v) is 4.63. The summed E-state index contributed by atoms with van der Waals surface area (Å²) in [6.45, 7) is 3.78. The van der Waals surface area contributed by atoms with Crippen LogP contribution in [-0.2, 0) is 6.54 Å². The summed E-state index contributed by atoms with van der Waals surface area (Å²) in [5, 5.41) is 8.80. The predicted molar refractivity (Wildman–Crippen MR) is 65.8 cm³/mol.